The maximum Gasteiger partial charge on any atom is 0.0718 e. The van der Waals surface area contributed by atoms with E-state index in [4.69, 9.17) is 9.47 Å². The minimum Gasteiger partial charge on any atom is -0.383 e. The van der Waals surface area contributed by atoms with Gasteiger partial charge in [-0.25, -0.2) is 0 Å². The van der Waals surface area contributed by atoms with E-state index in [9.17, 15) is 0 Å². The minimum atomic E-state index is 0.520. The molecule has 0 saturated carbocycles. The van der Waals surface area contributed by atoms with Gasteiger partial charge >= 0.3 is 0 Å². The van der Waals surface area contributed by atoms with Crippen molar-refractivity contribution >= 4 is 5.69 Å². The van der Waals surface area contributed by atoms with Gasteiger partial charge in [-0.2, -0.15) is 0 Å². The fourth-order valence-electron chi connectivity index (χ4n) is 2.32. The van der Waals surface area contributed by atoms with Crippen LogP contribution in [0.15, 0.2) is 24.3 Å². The summed E-state index contributed by atoms with van der Waals surface area (Å²) in [4.78, 5) is 0. The zero-order chi connectivity index (χ0) is 15.3. The lowest BCUT2D eigenvalue weighted by molar-refractivity contribution is 0.0617. The lowest BCUT2D eigenvalue weighted by Gasteiger charge is -2.16. The first-order chi connectivity index (χ1) is 10.3. The molecule has 0 heterocycles. The molecular weight excluding hydrogens is 262 g/mol. The molecular formula is C18H31NO2. The molecule has 0 bridgehead atoms. The van der Waals surface area contributed by atoms with Gasteiger partial charge in [0.2, 0.25) is 0 Å². The molecule has 0 spiro atoms. The third-order valence-electron chi connectivity index (χ3n) is 3.53. The Morgan fingerprint density at radius 2 is 2.00 bits per heavy atom. The van der Waals surface area contributed by atoms with Gasteiger partial charge in [-0.3, -0.25) is 0 Å². The zero-order valence-corrected chi connectivity index (χ0v) is 13.9. The van der Waals surface area contributed by atoms with Gasteiger partial charge in [-0.15, -0.1) is 0 Å². The van der Waals surface area contributed by atoms with Crippen LogP contribution in [-0.4, -0.2) is 26.4 Å². The average molecular weight is 293 g/mol. The Morgan fingerprint density at radius 1 is 1.14 bits per heavy atom. The van der Waals surface area contributed by atoms with Gasteiger partial charge in [-0.1, -0.05) is 44.7 Å². The van der Waals surface area contributed by atoms with Crippen LogP contribution < -0.4 is 5.32 Å². The van der Waals surface area contributed by atoms with E-state index in [1.807, 2.05) is 0 Å². The molecule has 1 aromatic rings. The Balaban J connectivity index is 2.30. The van der Waals surface area contributed by atoms with Crippen LogP contribution in [0.4, 0.5) is 5.69 Å². The Bertz CT molecular complexity index is 368. The van der Waals surface area contributed by atoms with Crippen LogP contribution in [0.25, 0.3) is 0 Å². The van der Waals surface area contributed by atoms with Crippen molar-refractivity contribution in [3.05, 3.63) is 29.8 Å². The van der Waals surface area contributed by atoms with E-state index in [0.717, 1.165) is 0 Å². The number of ether oxygens (including phenoxy) is 2. The Kier molecular flexibility index (Phi) is 9.92. The fourth-order valence-corrected chi connectivity index (χ4v) is 2.32. The maximum atomic E-state index is 5.56. The van der Waals surface area contributed by atoms with Crippen molar-refractivity contribution in [3.63, 3.8) is 0 Å². The second-order valence-corrected chi connectivity index (χ2v) is 5.64. The van der Waals surface area contributed by atoms with Crippen LogP contribution in [-0.2, 0) is 16.1 Å². The standard InChI is InChI=1S/C18H31NO2/c1-4-5-6-7-9-16(2)19-18-11-8-10-17(14-18)15-21-13-12-20-3/h8,10-11,14,16,19H,4-7,9,12-13,15H2,1-3H3. The van der Waals surface area contributed by atoms with Gasteiger partial charge in [0.05, 0.1) is 19.8 Å². The number of anilines is 1. The van der Waals surface area contributed by atoms with Crippen molar-refractivity contribution in [1.29, 1.82) is 0 Å². The smallest absolute Gasteiger partial charge is 0.0718 e. The monoisotopic (exact) mass is 293 g/mol. The van der Waals surface area contributed by atoms with E-state index in [0.29, 0.717) is 25.9 Å². The van der Waals surface area contributed by atoms with Crippen molar-refractivity contribution in [3.8, 4) is 0 Å². The fraction of sp³-hybridized carbons (Fsp3) is 0.667. The number of hydrogen-bond donors (Lipinski definition) is 1. The molecule has 3 heteroatoms. The molecule has 3 nitrogen and oxygen atoms in total. The van der Waals surface area contributed by atoms with E-state index < -0.39 is 0 Å². The number of methoxy groups -OCH3 is 1. The van der Waals surface area contributed by atoms with Crippen molar-refractivity contribution in [2.45, 2.75) is 58.6 Å². The number of rotatable bonds is 12. The van der Waals surface area contributed by atoms with Crippen molar-refractivity contribution in [2.24, 2.45) is 0 Å². The van der Waals surface area contributed by atoms with Crippen LogP contribution in [0, 0.1) is 0 Å². The molecule has 0 radical (unpaired) electrons. The molecule has 0 aliphatic heterocycles. The minimum absolute atomic E-state index is 0.520. The molecule has 0 aromatic heterocycles. The van der Waals surface area contributed by atoms with Gasteiger partial charge in [0.1, 0.15) is 0 Å². The number of benzene rings is 1. The second kappa shape index (κ2) is 11.6. The Hall–Kier alpha value is -1.06. The van der Waals surface area contributed by atoms with Crippen molar-refractivity contribution in [2.75, 3.05) is 25.6 Å². The first-order valence-electron chi connectivity index (χ1n) is 8.18. The highest BCUT2D eigenvalue weighted by molar-refractivity contribution is 5.46. The molecule has 0 saturated heterocycles. The molecule has 21 heavy (non-hydrogen) atoms. The summed E-state index contributed by atoms with van der Waals surface area (Å²) in [6.45, 7) is 6.44. The van der Waals surface area contributed by atoms with Crippen molar-refractivity contribution in [1.82, 2.24) is 0 Å². The predicted octanol–water partition coefficient (Wildman–Crippen LogP) is 4.62. The molecule has 1 N–H and O–H groups in total. The number of unbranched alkanes of at least 4 members (excludes halogenated alkanes) is 3. The summed E-state index contributed by atoms with van der Waals surface area (Å²) in [5.74, 6) is 0. The molecule has 0 aliphatic carbocycles. The van der Waals surface area contributed by atoms with Crippen LogP contribution in [0.1, 0.15) is 51.5 Å². The van der Waals surface area contributed by atoms with Gasteiger partial charge in [0.25, 0.3) is 0 Å². The molecule has 0 aliphatic rings. The Labute approximate surface area is 130 Å². The lowest BCUT2D eigenvalue weighted by atomic mass is 10.1. The van der Waals surface area contributed by atoms with E-state index in [2.05, 4.69) is 43.4 Å². The lowest BCUT2D eigenvalue weighted by Crippen LogP contribution is -2.15. The van der Waals surface area contributed by atoms with E-state index in [1.54, 1.807) is 7.11 Å². The zero-order valence-electron chi connectivity index (χ0n) is 13.9. The van der Waals surface area contributed by atoms with Crippen LogP contribution in [0.2, 0.25) is 0 Å². The summed E-state index contributed by atoms with van der Waals surface area (Å²) in [7, 11) is 1.69. The summed E-state index contributed by atoms with van der Waals surface area (Å²) in [5, 5.41) is 3.58. The molecule has 0 fully saturated rings. The molecule has 1 atom stereocenters. The topological polar surface area (TPSA) is 30.5 Å². The summed E-state index contributed by atoms with van der Waals surface area (Å²) < 4.78 is 10.5. The SMILES string of the molecule is CCCCCCC(C)Nc1cccc(COCCOC)c1. The van der Waals surface area contributed by atoms with Gasteiger partial charge in [0, 0.05) is 18.8 Å². The second-order valence-electron chi connectivity index (χ2n) is 5.64. The van der Waals surface area contributed by atoms with Crippen molar-refractivity contribution < 1.29 is 9.47 Å². The van der Waals surface area contributed by atoms with Crippen LogP contribution in [0.5, 0.6) is 0 Å². The molecule has 0 amide bonds. The van der Waals surface area contributed by atoms with E-state index in [-0.39, 0.29) is 0 Å². The molecule has 1 unspecified atom stereocenters. The third-order valence-corrected chi connectivity index (χ3v) is 3.53. The maximum absolute atomic E-state index is 5.56. The highest BCUT2D eigenvalue weighted by atomic mass is 16.5. The van der Waals surface area contributed by atoms with E-state index in [1.165, 1.54) is 43.4 Å². The Morgan fingerprint density at radius 3 is 2.76 bits per heavy atom. The van der Waals surface area contributed by atoms with E-state index >= 15 is 0 Å². The molecule has 1 rings (SSSR count). The average Bonchev–Trinajstić information content (AvgIpc) is 2.49. The number of nitrogens with one attached hydrogen (secondary N) is 1. The normalized spacial score (nSPS) is 12.3. The van der Waals surface area contributed by atoms with Gasteiger partial charge < -0.3 is 14.8 Å². The first kappa shape index (κ1) is 18.0. The highest BCUT2D eigenvalue weighted by Crippen LogP contribution is 2.15. The van der Waals surface area contributed by atoms with Crippen LogP contribution >= 0.6 is 0 Å². The summed E-state index contributed by atoms with van der Waals surface area (Å²) >= 11 is 0. The van der Waals surface area contributed by atoms with Gasteiger partial charge in [-0.05, 0) is 31.0 Å². The largest absolute Gasteiger partial charge is 0.383 e. The molecule has 120 valence electrons. The van der Waals surface area contributed by atoms with Crippen LogP contribution in [0.3, 0.4) is 0 Å². The summed E-state index contributed by atoms with van der Waals surface area (Å²) in [6, 6.07) is 9.01. The van der Waals surface area contributed by atoms with Gasteiger partial charge in [0.15, 0.2) is 0 Å². The third kappa shape index (κ3) is 8.74. The first-order valence-corrected chi connectivity index (χ1v) is 8.18. The number of hydrogen-bond acceptors (Lipinski definition) is 3. The molecule has 1 aromatic carbocycles. The summed E-state index contributed by atoms with van der Waals surface area (Å²) in [6.07, 6.45) is 6.53. The predicted molar refractivity (Wildman–Crippen MR) is 89.8 cm³/mol. The highest BCUT2D eigenvalue weighted by Gasteiger charge is 2.03. The summed E-state index contributed by atoms with van der Waals surface area (Å²) in [5.41, 5.74) is 2.39. The quantitative estimate of drug-likeness (QED) is 0.570.